The summed E-state index contributed by atoms with van der Waals surface area (Å²) in [7, 11) is 0. The molecule has 0 aliphatic rings. The van der Waals surface area contributed by atoms with Crippen molar-refractivity contribution < 1.29 is 5.11 Å². The van der Waals surface area contributed by atoms with Crippen LogP contribution >= 0.6 is 0 Å². The molecule has 1 unspecified atom stereocenters. The van der Waals surface area contributed by atoms with Gasteiger partial charge in [0.1, 0.15) is 0 Å². The quantitative estimate of drug-likeness (QED) is 0.626. The normalized spacial score (nSPS) is 12.9. The fourth-order valence-corrected chi connectivity index (χ4v) is 0.947. The lowest BCUT2D eigenvalue weighted by molar-refractivity contribution is 0.0859. The molecular formula is C10H12O. The topological polar surface area (TPSA) is 19.9 Å². The molecule has 11 heavy (non-hydrogen) atoms. The maximum absolute atomic E-state index is 11.0. The zero-order chi connectivity index (χ0) is 8.10. The molecule has 0 spiro atoms. The minimum absolute atomic E-state index is 0.464. The molecule has 1 rings (SSSR count). The third kappa shape index (κ3) is 2.72. The lowest BCUT2D eigenvalue weighted by Crippen LogP contribution is -2.06. The SMILES string of the molecule is CCC([O])Cc1[c]cccc1. The van der Waals surface area contributed by atoms with Crippen LogP contribution in [0.1, 0.15) is 18.9 Å². The lowest BCUT2D eigenvalue weighted by atomic mass is 10.1. The summed E-state index contributed by atoms with van der Waals surface area (Å²) in [5.74, 6) is 0. The minimum atomic E-state index is -0.464. The zero-order valence-electron chi connectivity index (χ0n) is 6.71. The van der Waals surface area contributed by atoms with Crippen LogP contribution in [0.15, 0.2) is 24.3 Å². The fraction of sp³-hybridized carbons (Fsp3) is 0.400. The van der Waals surface area contributed by atoms with Gasteiger partial charge in [0.15, 0.2) is 0 Å². The van der Waals surface area contributed by atoms with E-state index in [-0.39, 0.29) is 0 Å². The average Bonchev–Trinajstić information content (AvgIpc) is 2.06. The second-order valence-corrected chi connectivity index (χ2v) is 2.62. The van der Waals surface area contributed by atoms with Crippen LogP contribution in [0, 0.1) is 6.07 Å². The predicted molar refractivity (Wildman–Crippen MR) is 43.7 cm³/mol. The number of hydrogen-bond acceptors (Lipinski definition) is 0. The Morgan fingerprint density at radius 1 is 1.55 bits per heavy atom. The highest BCUT2D eigenvalue weighted by atomic mass is 16.3. The molecule has 58 valence electrons. The number of benzene rings is 1. The number of hydrogen-bond donors (Lipinski definition) is 0. The second kappa shape index (κ2) is 4.14. The summed E-state index contributed by atoms with van der Waals surface area (Å²) in [6.45, 7) is 1.92. The van der Waals surface area contributed by atoms with Gasteiger partial charge in [0.2, 0.25) is 0 Å². The first-order chi connectivity index (χ1) is 5.33. The van der Waals surface area contributed by atoms with E-state index in [2.05, 4.69) is 6.07 Å². The van der Waals surface area contributed by atoms with Crippen molar-refractivity contribution in [3.8, 4) is 0 Å². The molecular weight excluding hydrogens is 136 g/mol. The first-order valence-corrected chi connectivity index (χ1v) is 3.94. The molecule has 0 amide bonds. The summed E-state index contributed by atoms with van der Waals surface area (Å²) in [4.78, 5) is 0. The van der Waals surface area contributed by atoms with Gasteiger partial charge < -0.3 is 0 Å². The van der Waals surface area contributed by atoms with Gasteiger partial charge in [-0.3, -0.25) is 0 Å². The summed E-state index contributed by atoms with van der Waals surface area (Å²) >= 11 is 0. The average molecular weight is 148 g/mol. The molecule has 1 atom stereocenters. The van der Waals surface area contributed by atoms with Crippen LogP contribution in [0.4, 0.5) is 0 Å². The predicted octanol–water partition coefficient (Wildman–Crippen LogP) is 2.24. The first kappa shape index (κ1) is 8.28. The van der Waals surface area contributed by atoms with E-state index in [1.807, 2.05) is 31.2 Å². The van der Waals surface area contributed by atoms with Crippen molar-refractivity contribution in [1.29, 1.82) is 0 Å². The second-order valence-electron chi connectivity index (χ2n) is 2.62. The van der Waals surface area contributed by atoms with Crippen LogP contribution in [-0.4, -0.2) is 6.10 Å². The molecule has 0 saturated heterocycles. The highest BCUT2D eigenvalue weighted by Gasteiger charge is 2.02. The highest BCUT2D eigenvalue weighted by Crippen LogP contribution is 2.04. The van der Waals surface area contributed by atoms with Crippen molar-refractivity contribution >= 4 is 0 Å². The van der Waals surface area contributed by atoms with Gasteiger partial charge in [0.05, 0.1) is 6.10 Å². The monoisotopic (exact) mass is 148 g/mol. The zero-order valence-corrected chi connectivity index (χ0v) is 6.71. The summed E-state index contributed by atoms with van der Waals surface area (Å²) in [5, 5.41) is 11.0. The fourth-order valence-electron chi connectivity index (χ4n) is 0.947. The molecule has 0 bridgehead atoms. The smallest absolute Gasteiger partial charge is 0.0967 e. The lowest BCUT2D eigenvalue weighted by Gasteiger charge is -2.03. The Balaban J connectivity index is 2.51. The van der Waals surface area contributed by atoms with Crippen LogP contribution in [0.25, 0.3) is 0 Å². The number of rotatable bonds is 3. The molecule has 1 aromatic carbocycles. The standard InChI is InChI=1S/C10H12O/c1-2-10(11)8-9-6-4-3-5-7-9/h3-6,10H,2,8H2,1H3. The van der Waals surface area contributed by atoms with Gasteiger partial charge >= 0.3 is 0 Å². The molecule has 0 fully saturated rings. The van der Waals surface area contributed by atoms with Gasteiger partial charge in [-0.05, 0) is 18.1 Å². The van der Waals surface area contributed by atoms with E-state index in [0.717, 1.165) is 5.56 Å². The maximum Gasteiger partial charge on any atom is 0.0967 e. The Kier molecular flexibility index (Phi) is 3.12. The van der Waals surface area contributed by atoms with Crippen molar-refractivity contribution in [1.82, 2.24) is 0 Å². The van der Waals surface area contributed by atoms with Crippen molar-refractivity contribution in [2.45, 2.75) is 25.9 Å². The van der Waals surface area contributed by atoms with E-state index in [1.165, 1.54) is 0 Å². The van der Waals surface area contributed by atoms with Gasteiger partial charge in [0.25, 0.3) is 0 Å². The van der Waals surface area contributed by atoms with E-state index >= 15 is 0 Å². The summed E-state index contributed by atoms with van der Waals surface area (Å²) in [6.07, 6.45) is 0.841. The molecule has 0 N–H and O–H groups in total. The molecule has 2 radical (unpaired) electrons. The van der Waals surface area contributed by atoms with Crippen molar-refractivity contribution in [3.63, 3.8) is 0 Å². The summed E-state index contributed by atoms with van der Waals surface area (Å²) in [6, 6.07) is 10.7. The third-order valence-electron chi connectivity index (χ3n) is 1.68. The molecule has 1 aromatic rings. The van der Waals surface area contributed by atoms with E-state index in [4.69, 9.17) is 0 Å². The van der Waals surface area contributed by atoms with Gasteiger partial charge in [-0.15, -0.1) is 0 Å². The highest BCUT2D eigenvalue weighted by molar-refractivity contribution is 5.13. The van der Waals surface area contributed by atoms with E-state index < -0.39 is 6.10 Å². The minimum Gasteiger partial charge on any atom is -0.233 e. The molecule has 0 aromatic heterocycles. The van der Waals surface area contributed by atoms with Crippen molar-refractivity contribution in [3.05, 3.63) is 35.9 Å². The van der Waals surface area contributed by atoms with Crippen LogP contribution in [0.2, 0.25) is 0 Å². The van der Waals surface area contributed by atoms with E-state index in [9.17, 15) is 5.11 Å². The van der Waals surface area contributed by atoms with Crippen molar-refractivity contribution in [2.24, 2.45) is 0 Å². The van der Waals surface area contributed by atoms with Crippen molar-refractivity contribution in [2.75, 3.05) is 0 Å². The summed E-state index contributed by atoms with van der Waals surface area (Å²) in [5.41, 5.74) is 1.02. The van der Waals surface area contributed by atoms with E-state index in [1.54, 1.807) is 0 Å². The van der Waals surface area contributed by atoms with Crippen LogP contribution < -0.4 is 0 Å². The Morgan fingerprint density at radius 3 is 2.91 bits per heavy atom. The van der Waals surface area contributed by atoms with Gasteiger partial charge in [-0.2, -0.15) is 0 Å². The van der Waals surface area contributed by atoms with E-state index in [0.29, 0.717) is 12.8 Å². The van der Waals surface area contributed by atoms with Crippen LogP contribution in [-0.2, 0) is 11.5 Å². The third-order valence-corrected chi connectivity index (χ3v) is 1.68. The van der Waals surface area contributed by atoms with Crippen LogP contribution in [0.5, 0.6) is 0 Å². The Hall–Kier alpha value is -0.820. The molecule has 1 heteroatoms. The van der Waals surface area contributed by atoms with Gasteiger partial charge in [-0.25, -0.2) is 5.11 Å². The Morgan fingerprint density at radius 2 is 2.36 bits per heavy atom. The first-order valence-electron chi connectivity index (χ1n) is 3.94. The molecule has 0 saturated carbocycles. The molecule has 0 aliphatic carbocycles. The maximum atomic E-state index is 11.0. The summed E-state index contributed by atoms with van der Waals surface area (Å²) < 4.78 is 0. The Labute approximate surface area is 67.7 Å². The molecule has 1 nitrogen and oxygen atoms in total. The van der Waals surface area contributed by atoms with Gasteiger partial charge in [-0.1, -0.05) is 31.2 Å². The molecule has 0 heterocycles. The largest absolute Gasteiger partial charge is 0.233 e. The van der Waals surface area contributed by atoms with Gasteiger partial charge in [0, 0.05) is 6.42 Å². The van der Waals surface area contributed by atoms with Crippen LogP contribution in [0.3, 0.4) is 0 Å². The molecule has 0 aliphatic heterocycles. The Bertz CT molecular complexity index is 193.